The summed E-state index contributed by atoms with van der Waals surface area (Å²) in [4.78, 5) is 10.3. The lowest BCUT2D eigenvalue weighted by Crippen LogP contribution is -2.36. The van der Waals surface area contributed by atoms with Gasteiger partial charge in [0, 0.05) is 17.6 Å². The van der Waals surface area contributed by atoms with Crippen molar-refractivity contribution in [1.82, 2.24) is 15.6 Å². The topological polar surface area (TPSA) is 67.8 Å². The standard InChI is InChI=1S/C17H22N4O2S.HI/c1-3-13-9-19-16(24-13)10-21-17(18-4-2)20-8-12-5-6-14-15(7-12)23-11-22-14;/h5-7,9H,3-4,8,10-11H2,1-2H3,(H2,18,20,21);1H. The molecule has 0 saturated heterocycles. The molecule has 2 N–H and O–H groups in total. The Balaban J connectivity index is 0.00000225. The number of nitrogens with one attached hydrogen (secondary N) is 2. The molecule has 1 aromatic carbocycles. The van der Waals surface area contributed by atoms with Crippen molar-refractivity contribution in [3.8, 4) is 11.5 Å². The van der Waals surface area contributed by atoms with Crippen LogP contribution >= 0.6 is 35.3 Å². The quantitative estimate of drug-likeness (QED) is 0.382. The second-order valence-corrected chi connectivity index (χ2v) is 6.51. The molecule has 1 aliphatic heterocycles. The van der Waals surface area contributed by atoms with Crippen LogP contribution < -0.4 is 20.1 Å². The number of guanidine groups is 1. The van der Waals surface area contributed by atoms with Crippen LogP contribution in [0.2, 0.25) is 0 Å². The highest BCUT2D eigenvalue weighted by molar-refractivity contribution is 14.0. The third kappa shape index (κ3) is 5.46. The van der Waals surface area contributed by atoms with Gasteiger partial charge in [-0.05, 0) is 31.0 Å². The number of halogens is 1. The second kappa shape index (κ2) is 9.81. The van der Waals surface area contributed by atoms with Crippen molar-refractivity contribution < 1.29 is 9.47 Å². The van der Waals surface area contributed by atoms with E-state index in [-0.39, 0.29) is 24.0 Å². The molecule has 1 aliphatic rings. The maximum absolute atomic E-state index is 5.40. The van der Waals surface area contributed by atoms with Gasteiger partial charge in [0.15, 0.2) is 17.5 Å². The summed E-state index contributed by atoms with van der Waals surface area (Å²) >= 11 is 1.73. The Morgan fingerprint density at radius 2 is 2.08 bits per heavy atom. The minimum absolute atomic E-state index is 0. The van der Waals surface area contributed by atoms with Gasteiger partial charge in [-0.15, -0.1) is 35.3 Å². The molecule has 25 heavy (non-hydrogen) atoms. The largest absolute Gasteiger partial charge is 0.454 e. The van der Waals surface area contributed by atoms with Gasteiger partial charge in [-0.1, -0.05) is 13.0 Å². The highest BCUT2D eigenvalue weighted by atomic mass is 127. The van der Waals surface area contributed by atoms with Crippen LogP contribution in [0.4, 0.5) is 0 Å². The number of rotatable bonds is 6. The zero-order chi connectivity index (χ0) is 16.8. The van der Waals surface area contributed by atoms with Gasteiger partial charge in [0.2, 0.25) is 6.79 Å². The molecule has 0 atom stereocenters. The molecule has 0 radical (unpaired) electrons. The van der Waals surface area contributed by atoms with Crippen LogP contribution in [0, 0.1) is 0 Å². The second-order valence-electron chi connectivity index (χ2n) is 5.31. The van der Waals surface area contributed by atoms with Crippen LogP contribution in [-0.2, 0) is 19.5 Å². The number of thiazole rings is 1. The van der Waals surface area contributed by atoms with E-state index in [1.54, 1.807) is 11.3 Å². The molecule has 2 heterocycles. The van der Waals surface area contributed by atoms with Gasteiger partial charge in [-0.25, -0.2) is 9.98 Å². The SMILES string of the molecule is CCNC(=NCc1ccc2c(c1)OCO2)NCc1ncc(CC)s1.I. The molecule has 8 heteroatoms. The van der Waals surface area contributed by atoms with Crippen molar-refractivity contribution in [1.29, 1.82) is 0 Å². The van der Waals surface area contributed by atoms with E-state index in [9.17, 15) is 0 Å². The van der Waals surface area contributed by atoms with Gasteiger partial charge in [0.25, 0.3) is 0 Å². The maximum atomic E-state index is 5.40. The summed E-state index contributed by atoms with van der Waals surface area (Å²) in [7, 11) is 0. The molecule has 3 rings (SSSR count). The Bertz CT molecular complexity index is 720. The zero-order valence-electron chi connectivity index (χ0n) is 14.4. The van der Waals surface area contributed by atoms with Gasteiger partial charge in [0.05, 0.1) is 13.1 Å². The first kappa shape index (κ1) is 19.8. The zero-order valence-corrected chi connectivity index (χ0v) is 17.5. The number of aliphatic imine (C=N–C) groups is 1. The first-order chi connectivity index (χ1) is 11.8. The van der Waals surface area contributed by atoms with Gasteiger partial charge < -0.3 is 20.1 Å². The average molecular weight is 474 g/mol. The first-order valence-electron chi connectivity index (χ1n) is 8.12. The van der Waals surface area contributed by atoms with E-state index in [1.807, 2.05) is 24.4 Å². The number of aryl methyl sites for hydroxylation is 1. The molecule has 0 aliphatic carbocycles. The first-order valence-corrected chi connectivity index (χ1v) is 8.94. The summed E-state index contributed by atoms with van der Waals surface area (Å²) < 4.78 is 10.7. The Hall–Kier alpha value is -1.55. The number of aromatic nitrogens is 1. The normalized spacial score (nSPS) is 12.6. The molecular formula is C17H23IN4O2S. The van der Waals surface area contributed by atoms with Gasteiger partial charge >= 0.3 is 0 Å². The van der Waals surface area contributed by atoms with Crippen molar-refractivity contribution in [2.45, 2.75) is 33.4 Å². The summed E-state index contributed by atoms with van der Waals surface area (Å²) in [6.07, 6.45) is 2.97. The van der Waals surface area contributed by atoms with Gasteiger partial charge in [0.1, 0.15) is 5.01 Å². The van der Waals surface area contributed by atoms with Crippen molar-refractivity contribution in [2.75, 3.05) is 13.3 Å². The molecule has 0 saturated carbocycles. The summed E-state index contributed by atoms with van der Waals surface area (Å²) in [6.45, 7) is 6.55. The van der Waals surface area contributed by atoms with Crippen molar-refractivity contribution >= 4 is 41.3 Å². The van der Waals surface area contributed by atoms with Crippen LogP contribution in [0.1, 0.15) is 29.3 Å². The van der Waals surface area contributed by atoms with Crippen LogP contribution in [0.15, 0.2) is 29.4 Å². The molecule has 1 aromatic heterocycles. The number of nitrogens with zero attached hydrogens (tertiary/aromatic N) is 2. The number of fused-ring (bicyclic) bond motifs is 1. The molecular weight excluding hydrogens is 451 g/mol. The Morgan fingerprint density at radius 3 is 2.84 bits per heavy atom. The lowest BCUT2D eigenvalue weighted by molar-refractivity contribution is 0.174. The van der Waals surface area contributed by atoms with E-state index < -0.39 is 0 Å². The van der Waals surface area contributed by atoms with Crippen LogP contribution in [0.25, 0.3) is 0 Å². The minimum Gasteiger partial charge on any atom is -0.454 e. The molecule has 0 bridgehead atoms. The maximum Gasteiger partial charge on any atom is 0.231 e. The highest BCUT2D eigenvalue weighted by Gasteiger charge is 2.13. The fourth-order valence-electron chi connectivity index (χ4n) is 2.30. The van der Waals surface area contributed by atoms with Gasteiger partial charge in [-0.2, -0.15) is 0 Å². The summed E-state index contributed by atoms with van der Waals surface area (Å²) in [5.74, 6) is 2.36. The molecule has 0 spiro atoms. The molecule has 0 unspecified atom stereocenters. The molecule has 2 aromatic rings. The Morgan fingerprint density at radius 1 is 1.24 bits per heavy atom. The Kier molecular flexibility index (Phi) is 7.76. The van der Waals surface area contributed by atoms with Gasteiger partial charge in [-0.3, -0.25) is 0 Å². The highest BCUT2D eigenvalue weighted by Crippen LogP contribution is 2.32. The fourth-order valence-corrected chi connectivity index (χ4v) is 3.11. The molecule has 136 valence electrons. The van der Waals surface area contributed by atoms with E-state index in [4.69, 9.17) is 9.47 Å². The van der Waals surface area contributed by atoms with Crippen molar-refractivity contribution in [3.05, 3.63) is 39.8 Å². The van der Waals surface area contributed by atoms with Crippen LogP contribution in [-0.4, -0.2) is 24.3 Å². The van der Waals surface area contributed by atoms with Crippen molar-refractivity contribution in [3.63, 3.8) is 0 Å². The summed E-state index contributed by atoms with van der Waals surface area (Å²) in [5, 5.41) is 7.65. The predicted molar refractivity (Wildman–Crippen MR) is 111 cm³/mol. The number of hydrogen-bond acceptors (Lipinski definition) is 5. The number of benzene rings is 1. The monoisotopic (exact) mass is 474 g/mol. The van der Waals surface area contributed by atoms with E-state index in [2.05, 4.69) is 34.5 Å². The minimum atomic E-state index is 0. The van der Waals surface area contributed by atoms with E-state index in [0.29, 0.717) is 19.9 Å². The lowest BCUT2D eigenvalue weighted by Gasteiger charge is -2.10. The van der Waals surface area contributed by atoms with Crippen LogP contribution in [0.3, 0.4) is 0 Å². The van der Waals surface area contributed by atoms with Crippen LogP contribution in [0.5, 0.6) is 11.5 Å². The van der Waals surface area contributed by atoms with Crippen molar-refractivity contribution in [2.24, 2.45) is 4.99 Å². The third-order valence-electron chi connectivity index (χ3n) is 3.56. The lowest BCUT2D eigenvalue weighted by atomic mass is 10.2. The van der Waals surface area contributed by atoms with E-state index in [1.165, 1.54) is 4.88 Å². The predicted octanol–water partition coefficient (Wildman–Crippen LogP) is 3.31. The molecule has 6 nitrogen and oxygen atoms in total. The number of ether oxygens (including phenoxy) is 2. The molecule has 0 amide bonds. The summed E-state index contributed by atoms with van der Waals surface area (Å²) in [6, 6.07) is 5.91. The Labute approximate surface area is 169 Å². The number of hydrogen-bond donors (Lipinski definition) is 2. The van der Waals surface area contributed by atoms with E-state index >= 15 is 0 Å². The molecule has 0 fully saturated rings. The third-order valence-corrected chi connectivity index (χ3v) is 4.70. The fraction of sp³-hybridized carbons (Fsp3) is 0.412. The average Bonchev–Trinajstić information content (AvgIpc) is 3.25. The van der Waals surface area contributed by atoms with E-state index in [0.717, 1.165) is 41.0 Å². The smallest absolute Gasteiger partial charge is 0.231 e. The summed E-state index contributed by atoms with van der Waals surface area (Å²) in [5.41, 5.74) is 1.08.